The summed E-state index contributed by atoms with van der Waals surface area (Å²) in [6.07, 6.45) is 5.49. The van der Waals surface area contributed by atoms with Crippen LogP contribution in [-0.4, -0.2) is 23.0 Å². The molecule has 0 aromatic rings. The Bertz CT molecular complexity index is 119. The van der Waals surface area contributed by atoms with Gasteiger partial charge in [-0.05, 0) is 26.7 Å². The molecular weight excluding hydrogens is 146 g/mol. The molecule has 1 rings (SSSR count). The van der Waals surface area contributed by atoms with Gasteiger partial charge >= 0.3 is 0 Å². The highest BCUT2D eigenvalue weighted by atomic mass is 15.4. The standard InChI is InChI=1S/C11H23N/c1-5-7-10-11(8-6-2)12(10)9(3)4/h9-11H,5-8H2,1-4H3. The molecule has 1 heterocycles. The first-order valence-corrected chi connectivity index (χ1v) is 5.49. The van der Waals surface area contributed by atoms with E-state index in [9.17, 15) is 0 Å². The Hall–Kier alpha value is -0.0400. The molecule has 0 aliphatic carbocycles. The molecule has 1 nitrogen and oxygen atoms in total. The van der Waals surface area contributed by atoms with Gasteiger partial charge in [-0.3, -0.25) is 4.90 Å². The van der Waals surface area contributed by atoms with Gasteiger partial charge in [0, 0.05) is 18.1 Å². The average Bonchev–Trinajstić information content (AvgIpc) is 2.65. The summed E-state index contributed by atoms with van der Waals surface area (Å²) in [5.41, 5.74) is 0. The third-order valence-corrected chi connectivity index (χ3v) is 2.89. The summed E-state index contributed by atoms with van der Waals surface area (Å²) in [5.74, 6) is 0. The van der Waals surface area contributed by atoms with Gasteiger partial charge < -0.3 is 0 Å². The lowest BCUT2D eigenvalue weighted by Gasteiger charge is -2.06. The van der Waals surface area contributed by atoms with Gasteiger partial charge in [0.25, 0.3) is 0 Å². The molecule has 0 aromatic heterocycles. The third kappa shape index (κ3) is 2.01. The number of hydrogen-bond acceptors (Lipinski definition) is 1. The maximum absolute atomic E-state index is 2.67. The molecule has 1 saturated heterocycles. The van der Waals surface area contributed by atoms with Crippen molar-refractivity contribution in [1.29, 1.82) is 0 Å². The molecule has 0 N–H and O–H groups in total. The van der Waals surface area contributed by atoms with Crippen LogP contribution in [-0.2, 0) is 0 Å². The lowest BCUT2D eigenvalue weighted by atomic mass is 10.1. The Morgan fingerprint density at radius 1 is 1.00 bits per heavy atom. The fourth-order valence-corrected chi connectivity index (χ4v) is 2.40. The largest absolute Gasteiger partial charge is 0.292 e. The highest BCUT2D eigenvalue weighted by Crippen LogP contribution is 2.37. The topological polar surface area (TPSA) is 3.01 Å². The Kier molecular flexibility index (Phi) is 3.57. The molecule has 72 valence electrons. The summed E-state index contributed by atoms with van der Waals surface area (Å²) in [6, 6.07) is 2.61. The molecule has 1 heteroatoms. The van der Waals surface area contributed by atoms with Crippen LogP contribution >= 0.6 is 0 Å². The Labute approximate surface area is 77.1 Å². The van der Waals surface area contributed by atoms with Crippen LogP contribution in [0.2, 0.25) is 0 Å². The predicted molar refractivity (Wildman–Crippen MR) is 54.4 cm³/mol. The minimum Gasteiger partial charge on any atom is -0.292 e. The Balaban J connectivity index is 2.32. The van der Waals surface area contributed by atoms with Crippen molar-refractivity contribution in [2.24, 2.45) is 0 Å². The number of nitrogens with zero attached hydrogens (tertiary/aromatic N) is 1. The van der Waals surface area contributed by atoms with E-state index < -0.39 is 0 Å². The van der Waals surface area contributed by atoms with Gasteiger partial charge in [0.1, 0.15) is 0 Å². The molecule has 2 unspecified atom stereocenters. The molecule has 0 aromatic carbocycles. The fourth-order valence-electron chi connectivity index (χ4n) is 2.40. The smallest absolute Gasteiger partial charge is 0.0258 e. The van der Waals surface area contributed by atoms with E-state index in [4.69, 9.17) is 0 Å². The normalized spacial score (nSPS) is 34.2. The molecule has 0 amide bonds. The second-order valence-corrected chi connectivity index (χ2v) is 4.25. The van der Waals surface area contributed by atoms with E-state index in [-0.39, 0.29) is 0 Å². The Morgan fingerprint density at radius 3 is 1.67 bits per heavy atom. The molecule has 2 atom stereocenters. The molecule has 1 fully saturated rings. The van der Waals surface area contributed by atoms with E-state index in [1.807, 2.05) is 0 Å². The highest BCUT2D eigenvalue weighted by molar-refractivity contribution is 5.02. The molecule has 12 heavy (non-hydrogen) atoms. The van der Waals surface area contributed by atoms with Crippen LogP contribution in [0.1, 0.15) is 53.4 Å². The SMILES string of the molecule is CCCC1C(CCC)N1C(C)C. The lowest BCUT2D eigenvalue weighted by Crippen LogP contribution is -2.13. The van der Waals surface area contributed by atoms with Crippen molar-refractivity contribution in [3.05, 3.63) is 0 Å². The van der Waals surface area contributed by atoms with E-state index in [2.05, 4.69) is 32.6 Å². The van der Waals surface area contributed by atoms with Gasteiger partial charge in [0.15, 0.2) is 0 Å². The van der Waals surface area contributed by atoms with Crippen LogP contribution < -0.4 is 0 Å². The molecule has 1 aliphatic rings. The maximum Gasteiger partial charge on any atom is 0.0258 e. The van der Waals surface area contributed by atoms with E-state index in [0.717, 1.165) is 18.1 Å². The van der Waals surface area contributed by atoms with Gasteiger partial charge in [-0.15, -0.1) is 0 Å². The quantitative estimate of drug-likeness (QED) is 0.572. The Morgan fingerprint density at radius 2 is 1.42 bits per heavy atom. The monoisotopic (exact) mass is 169 g/mol. The number of hydrogen-bond donors (Lipinski definition) is 0. The second kappa shape index (κ2) is 4.27. The summed E-state index contributed by atoms with van der Waals surface area (Å²) < 4.78 is 0. The first-order chi connectivity index (χ1) is 5.72. The van der Waals surface area contributed by atoms with Crippen LogP contribution in [0.5, 0.6) is 0 Å². The molecule has 0 radical (unpaired) electrons. The van der Waals surface area contributed by atoms with Crippen molar-refractivity contribution in [2.45, 2.75) is 71.5 Å². The minimum atomic E-state index is 0.762. The zero-order valence-electron chi connectivity index (χ0n) is 9.01. The van der Waals surface area contributed by atoms with Crippen LogP contribution in [0.15, 0.2) is 0 Å². The second-order valence-electron chi connectivity index (χ2n) is 4.25. The zero-order chi connectivity index (χ0) is 9.14. The van der Waals surface area contributed by atoms with Crippen LogP contribution in [0.4, 0.5) is 0 Å². The summed E-state index contributed by atoms with van der Waals surface area (Å²) in [5, 5.41) is 0. The predicted octanol–water partition coefficient (Wildman–Crippen LogP) is 3.05. The molecule has 0 saturated carbocycles. The lowest BCUT2D eigenvalue weighted by molar-refractivity contribution is 0.384. The van der Waals surface area contributed by atoms with Crippen molar-refractivity contribution < 1.29 is 0 Å². The average molecular weight is 169 g/mol. The van der Waals surface area contributed by atoms with Gasteiger partial charge in [-0.25, -0.2) is 0 Å². The fraction of sp³-hybridized carbons (Fsp3) is 1.00. The first kappa shape index (κ1) is 10.0. The van der Waals surface area contributed by atoms with Crippen molar-refractivity contribution in [3.8, 4) is 0 Å². The van der Waals surface area contributed by atoms with Crippen LogP contribution in [0, 0.1) is 0 Å². The van der Waals surface area contributed by atoms with E-state index >= 15 is 0 Å². The van der Waals surface area contributed by atoms with E-state index in [1.165, 1.54) is 25.7 Å². The summed E-state index contributed by atoms with van der Waals surface area (Å²) in [7, 11) is 0. The van der Waals surface area contributed by atoms with Gasteiger partial charge in [0.05, 0.1) is 0 Å². The van der Waals surface area contributed by atoms with Crippen molar-refractivity contribution in [1.82, 2.24) is 4.90 Å². The number of rotatable bonds is 5. The highest BCUT2D eigenvalue weighted by Gasteiger charge is 2.46. The first-order valence-electron chi connectivity index (χ1n) is 5.49. The molecule has 0 bridgehead atoms. The van der Waals surface area contributed by atoms with Crippen LogP contribution in [0.25, 0.3) is 0 Å². The van der Waals surface area contributed by atoms with Crippen LogP contribution in [0.3, 0.4) is 0 Å². The minimum absolute atomic E-state index is 0.762. The van der Waals surface area contributed by atoms with Gasteiger partial charge in [0.2, 0.25) is 0 Å². The molecule has 1 aliphatic heterocycles. The van der Waals surface area contributed by atoms with E-state index in [0.29, 0.717) is 0 Å². The van der Waals surface area contributed by atoms with Gasteiger partial charge in [-0.2, -0.15) is 0 Å². The summed E-state index contributed by atoms with van der Waals surface area (Å²) in [4.78, 5) is 2.67. The maximum atomic E-state index is 2.67. The summed E-state index contributed by atoms with van der Waals surface area (Å²) in [6.45, 7) is 9.22. The molecular formula is C11H23N. The van der Waals surface area contributed by atoms with Crippen molar-refractivity contribution in [2.75, 3.05) is 0 Å². The van der Waals surface area contributed by atoms with E-state index in [1.54, 1.807) is 0 Å². The van der Waals surface area contributed by atoms with Crippen molar-refractivity contribution in [3.63, 3.8) is 0 Å². The summed E-state index contributed by atoms with van der Waals surface area (Å²) >= 11 is 0. The zero-order valence-corrected chi connectivity index (χ0v) is 9.01. The van der Waals surface area contributed by atoms with Gasteiger partial charge in [-0.1, -0.05) is 26.7 Å². The molecule has 0 spiro atoms. The van der Waals surface area contributed by atoms with Crippen molar-refractivity contribution >= 4 is 0 Å². The third-order valence-electron chi connectivity index (χ3n) is 2.89.